The number of rotatable bonds is 7. The molecule has 0 aliphatic carbocycles. The third kappa shape index (κ3) is 5.04. The summed E-state index contributed by atoms with van der Waals surface area (Å²) in [4.78, 5) is 14.5. The molecule has 3 aromatic rings. The Morgan fingerprint density at radius 2 is 1.93 bits per heavy atom. The normalized spacial score (nSPS) is 12.0. The predicted molar refractivity (Wildman–Crippen MR) is 109 cm³/mol. The van der Waals surface area contributed by atoms with Gasteiger partial charge in [-0.1, -0.05) is 32.9 Å². The van der Waals surface area contributed by atoms with Crippen LogP contribution in [0.1, 0.15) is 38.8 Å². The lowest BCUT2D eigenvalue weighted by atomic mass is 9.87. The van der Waals surface area contributed by atoms with Crippen LogP contribution in [0.3, 0.4) is 0 Å². The van der Waals surface area contributed by atoms with E-state index in [1.807, 2.05) is 37.3 Å². The van der Waals surface area contributed by atoms with Crippen LogP contribution in [0.25, 0.3) is 5.82 Å². The van der Waals surface area contributed by atoms with Crippen molar-refractivity contribution in [1.82, 2.24) is 14.8 Å². The number of nitrogens with zero attached hydrogens (tertiary/aromatic N) is 5. The van der Waals surface area contributed by atoms with Gasteiger partial charge >= 0.3 is 0 Å². The summed E-state index contributed by atoms with van der Waals surface area (Å²) in [6, 6.07) is 10.8. The lowest BCUT2D eigenvalue weighted by Crippen LogP contribution is -2.10. The van der Waals surface area contributed by atoms with Crippen molar-refractivity contribution in [2.24, 2.45) is 10.2 Å². The van der Waals surface area contributed by atoms with Crippen molar-refractivity contribution in [3.05, 3.63) is 59.9 Å². The van der Waals surface area contributed by atoms with E-state index in [2.05, 4.69) is 41.1 Å². The number of benzene rings is 1. The second-order valence-electron chi connectivity index (χ2n) is 7.42. The zero-order valence-electron chi connectivity index (χ0n) is 17.0. The van der Waals surface area contributed by atoms with E-state index in [4.69, 9.17) is 9.78 Å². The van der Waals surface area contributed by atoms with Gasteiger partial charge in [-0.05, 0) is 42.2 Å². The van der Waals surface area contributed by atoms with Gasteiger partial charge in [-0.15, -0.1) is 10.2 Å². The predicted octanol–water partition coefficient (Wildman–Crippen LogP) is 5.15. The highest BCUT2D eigenvalue weighted by molar-refractivity contribution is 5.54. The molecule has 2 heterocycles. The lowest BCUT2D eigenvalue weighted by molar-refractivity contribution is -0.300. The smallest absolute Gasteiger partial charge is 0.185 e. The summed E-state index contributed by atoms with van der Waals surface area (Å²) in [6.45, 7) is 8.71. The highest BCUT2D eigenvalue weighted by Gasteiger charge is 2.17. The molecule has 1 aromatic carbocycles. The summed E-state index contributed by atoms with van der Waals surface area (Å²) in [5.41, 5.74) is 2.02. The molecule has 0 radical (unpaired) electrons. The Bertz CT molecular complexity index is 978. The quantitative estimate of drug-likeness (QED) is 0.258. The number of azo groups is 1. The van der Waals surface area contributed by atoms with Crippen LogP contribution < -0.4 is 0 Å². The van der Waals surface area contributed by atoms with Gasteiger partial charge in [-0.3, -0.25) is 0 Å². The van der Waals surface area contributed by atoms with E-state index in [1.54, 1.807) is 23.1 Å². The average Bonchev–Trinajstić information content (AvgIpc) is 3.10. The lowest BCUT2D eigenvalue weighted by Gasteiger charge is -2.19. The molecule has 8 heteroatoms. The van der Waals surface area contributed by atoms with E-state index in [0.717, 1.165) is 5.56 Å². The first-order valence-electron chi connectivity index (χ1n) is 9.38. The van der Waals surface area contributed by atoms with Crippen molar-refractivity contribution in [2.45, 2.75) is 39.7 Å². The van der Waals surface area contributed by atoms with E-state index in [-0.39, 0.29) is 17.8 Å². The third-order valence-corrected chi connectivity index (χ3v) is 4.19. The van der Waals surface area contributed by atoms with Crippen LogP contribution in [0.4, 0.5) is 11.5 Å². The first kappa shape index (κ1) is 20.6. The number of phenols is 1. The van der Waals surface area contributed by atoms with E-state index in [1.165, 1.54) is 0 Å². The fourth-order valence-electron chi connectivity index (χ4n) is 2.59. The molecule has 152 valence electrons. The molecular weight excluding hydrogens is 370 g/mol. The number of hydrogen-bond donors (Lipinski definition) is 1. The van der Waals surface area contributed by atoms with Crippen molar-refractivity contribution >= 4 is 11.5 Å². The fraction of sp³-hybridized carbons (Fsp3) is 0.333. The van der Waals surface area contributed by atoms with E-state index < -0.39 is 0 Å². The van der Waals surface area contributed by atoms with Crippen molar-refractivity contribution in [3.63, 3.8) is 0 Å². The molecule has 0 saturated carbocycles. The number of hydrogen-bond acceptors (Lipinski definition) is 7. The molecule has 0 aliphatic heterocycles. The fourth-order valence-corrected chi connectivity index (χ4v) is 2.59. The van der Waals surface area contributed by atoms with Gasteiger partial charge in [-0.25, -0.2) is 14.8 Å². The maximum Gasteiger partial charge on any atom is 0.185 e. The van der Waals surface area contributed by atoms with Gasteiger partial charge in [0.2, 0.25) is 0 Å². The summed E-state index contributed by atoms with van der Waals surface area (Å²) < 4.78 is 1.57. The highest BCUT2D eigenvalue weighted by atomic mass is 17.2. The molecular formula is C21H25N5O3. The van der Waals surface area contributed by atoms with Crippen LogP contribution in [0, 0.1) is 0 Å². The molecule has 0 aliphatic rings. The highest BCUT2D eigenvalue weighted by Crippen LogP contribution is 2.34. The van der Waals surface area contributed by atoms with Crippen molar-refractivity contribution in [2.75, 3.05) is 6.61 Å². The van der Waals surface area contributed by atoms with Gasteiger partial charge in [0.1, 0.15) is 18.0 Å². The van der Waals surface area contributed by atoms with E-state index in [0.29, 0.717) is 29.5 Å². The molecule has 0 spiro atoms. The number of phenolic OH excluding ortho intramolecular Hbond substituents is 1. The first-order chi connectivity index (χ1) is 13.9. The molecule has 0 bridgehead atoms. The van der Waals surface area contributed by atoms with Crippen LogP contribution in [0.5, 0.6) is 5.75 Å². The average molecular weight is 395 g/mol. The minimum atomic E-state index is -0.0792. The monoisotopic (exact) mass is 395 g/mol. The molecule has 8 nitrogen and oxygen atoms in total. The topological polar surface area (TPSA) is 94.1 Å². The van der Waals surface area contributed by atoms with Gasteiger partial charge in [0.05, 0.1) is 12.8 Å². The first-order valence-corrected chi connectivity index (χ1v) is 9.38. The molecule has 0 amide bonds. The minimum absolute atomic E-state index is 0.0535. The zero-order valence-corrected chi connectivity index (χ0v) is 17.0. The standard InChI is InChI=1S/C21H25N5O3/c1-5-28-29-14-15-13-23-26(19-8-6-7-11-22-19)20(15)25-24-17-12-16(21(2,3)4)9-10-18(17)27/h6-13,27H,5,14H2,1-4H3/b25-24+. The van der Waals surface area contributed by atoms with Crippen LogP contribution in [0.15, 0.2) is 59.0 Å². The molecule has 0 unspecified atom stereocenters. The van der Waals surface area contributed by atoms with Gasteiger partial charge in [0.15, 0.2) is 11.6 Å². The van der Waals surface area contributed by atoms with E-state index >= 15 is 0 Å². The van der Waals surface area contributed by atoms with Crippen molar-refractivity contribution in [1.29, 1.82) is 0 Å². The second-order valence-corrected chi connectivity index (χ2v) is 7.42. The summed E-state index contributed by atoms with van der Waals surface area (Å²) in [5, 5.41) is 23.2. The maximum absolute atomic E-state index is 10.2. The molecule has 0 saturated heterocycles. The summed E-state index contributed by atoms with van der Waals surface area (Å²) in [5.74, 6) is 1.10. The Balaban J connectivity index is 1.99. The largest absolute Gasteiger partial charge is 0.506 e. The van der Waals surface area contributed by atoms with Gasteiger partial charge in [-0.2, -0.15) is 9.78 Å². The molecule has 3 rings (SSSR count). The second kappa shape index (κ2) is 8.93. The zero-order chi connectivity index (χ0) is 20.9. The van der Waals surface area contributed by atoms with Gasteiger partial charge < -0.3 is 5.11 Å². The Morgan fingerprint density at radius 1 is 1.10 bits per heavy atom. The maximum atomic E-state index is 10.2. The Morgan fingerprint density at radius 3 is 2.62 bits per heavy atom. The molecule has 29 heavy (non-hydrogen) atoms. The molecule has 0 atom stereocenters. The third-order valence-electron chi connectivity index (χ3n) is 4.19. The molecule has 2 aromatic heterocycles. The van der Waals surface area contributed by atoms with Crippen LogP contribution in [-0.2, 0) is 21.8 Å². The summed E-state index contributed by atoms with van der Waals surface area (Å²) in [7, 11) is 0. The SMILES string of the molecule is CCOOCc1cnn(-c2ccccn2)c1/N=N/c1cc(C(C)(C)C)ccc1O. The van der Waals surface area contributed by atoms with Gasteiger partial charge in [0.25, 0.3) is 0 Å². The summed E-state index contributed by atoms with van der Waals surface area (Å²) in [6.07, 6.45) is 3.31. The van der Waals surface area contributed by atoms with Crippen molar-refractivity contribution in [3.8, 4) is 11.6 Å². The van der Waals surface area contributed by atoms with Crippen LogP contribution in [0.2, 0.25) is 0 Å². The van der Waals surface area contributed by atoms with Gasteiger partial charge in [0, 0.05) is 11.8 Å². The van der Waals surface area contributed by atoms with Crippen LogP contribution in [-0.4, -0.2) is 26.5 Å². The Labute approximate surface area is 169 Å². The Hall–Kier alpha value is -3.10. The minimum Gasteiger partial charge on any atom is -0.506 e. The Kier molecular flexibility index (Phi) is 6.36. The molecule has 0 fully saturated rings. The van der Waals surface area contributed by atoms with Crippen LogP contribution >= 0.6 is 0 Å². The number of pyridine rings is 1. The number of aromatic hydroxyl groups is 1. The van der Waals surface area contributed by atoms with Crippen molar-refractivity contribution < 1.29 is 14.9 Å². The summed E-state index contributed by atoms with van der Waals surface area (Å²) >= 11 is 0. The number of aromatic nitrogens is 3. The van der Waals surface area contributed by atoms with E-state index in [9.17, 15) is 5.11 Å². The molecule has 1 N–H and O–H groups in total.